The second-order valence-electron chi connectivity index (χ2n) is 4.87. The first-order valence-corrected chi connectivity index (χ1v) is 6.05. The summed E-state index contributed by atoms with van der Waals surface area (Å²) < 4.78 is 0. The second kappa shape index (κ2) is 4.87. The molecule has 1 aliphatic rings. The van der Waals surface area contributed by atoms with E-state index < -0.39 is 0 Å². The molecule has 1 aromatic heterocycles. The molecule has 94 valence electrons. The van der Waals surface area contributed by atoms with Crippen LogP contribution in [0.4, 0.5) is 0 Å². The lowest BCUT2D eigenvalue weighted by Gasteiger charge is -2.25. The van der Waals surface area contributed by atoms with Crippen LogP contribution in [-0.2, 0) is 0 Å². The molecule has 0 bridgehead atoms. The van der Waals surface area contributed by atoms with Gasteiger partial charge in [0, 0.05) is 25.3 Å². The normalized spacial score (nSPS) is 20.8. The standard InChI is InChI=1S/C12H20N4O/c1-9-11(7-13-14-9)12(17)16(3)8-10-5-4-6-15(10)2/h7,10H,4-6,8H2,1-3H3,(H,13,14). The Bertz CT molecular complexity index is 401. The number of aromatic nitrogens is 2. The van der Waals surface area contributed by atoms with E-state index in [-0.39, 0.29) is 5.91 Å². The van der Waals surface area contributed by atoms with Crippen molar-refractivity contribution < 1.29 is 4.79 Å². The van der Waals surface area contributed by atoms with E-state index >= 15 is 0 Å². The van der Waals surface area contributed by atoms with Gasteiger partial charge in [0.1, 0.15) is 0 Å². The zero-order valence-corrected chi connectivity index (χ0v) is 10.7. The maximum Gasteiger partial charge on any atom is 0.257 e. The van der Waals surface area contributed by atoms with Crippen LogP contribution in [0.25, 0.3) is 0 Å². The van der Waals surface area contributed by atoms with E-state index in [0.29, 0.717) is 11.6 Å². The lowest BCUT2D eigenvalue weighted by atomic mass is 10.2. The molecule has 1 aromatic rings. The second-order valence-corrected chi connectivity index (χ2v) is 4.87. The van der Waals surface area contributed by atoms with E-state index in [4.69, 9.17) is 0 Å². The van der Waals surface area contributed by atoms with Crippen LogP contribution in [0.15, 0.2) is 6.20 Å². The number of likely N-dealkylation sites (N-methyl/N-ethyl adjacent to an activating group) is 2. The summed E-state index contributed by atoms with van der Waals surface area (Å²) in [6.45, 7) is 3.80. The van der Waals surface area contributed by atoms with Gasteiger partial charge >= 0.3 is 0 Å². The van der Waals surface area contributed by atoms with E-state index in [0.717, 1.165) is 18.8 Å². The molecule has 1 aliphatic heterocycles. The SMILES string of the molecule is Cc1[nH]ncc1C(=O)N(C)CC1CCCN1C. The molecule has 17 heavy (non-hydrogen) atoms. The summed E-state index contributed by atoms with van der Waals surface area (Å²) in [5.74, 6) is 0.0524. The quantitative estimate of drug-likeness (QED) is 0.847. The van der Waals surface area contributed by atoms with E-state index in [1.807, 2.05) is 14.0 Å². The van der Waals surface area contributed by atoms with Crippen LogP contribution in [0.1, 0.15) is 28.9 Å². The Morgan fingerprint density at radius 1 is 1.71 bits per heavy atom. The smallest absolute Gasteiger partial charge is 0.257 e. The van der Waals surface area contributed by atoms with Crippen molar-refractivity contribution >= 4 is 5.91 Å². The molecule has 0 radical (unpaired) electrons. The lowest BCUT2D eigenvalue weighted by molar-refractivity contribution is 0.0761. The van der Waals surface area contributed by atoms with Gasteiger partial charge in [-0.2, -0.15) is 5.10 Å². The van der Waals surface area contributed by atoms with E-state index in [9.17, 15) is 4.79 Å². The number of hydrogen-bond acceptors (Lipinski definition) is 3. The first kappa shape index (κ1) is 12.1. The molecule has 0 saturated carbocycles. The first-order valence-electron chi connectivity index (χ1n) is 6.05. The number of rotatable bonds is 3. The molecule has 0 aliphatic carbocycles. The number of nitrogens with one attached hydrogen (secondary N) is 1. The van der Waals surface area contributed by atoms with Crippen LogP contribution >= 0.6 is 0 Å². The van der Waals surface area contributed by atoms with Crippen molar-refractivity contribution in [2.24, 2.45) is 0 Å². The number of amides is 1. The van der Waals surface area contributed by atoms with Crippen molar-refractivity contribution in [3.05, 3.63) is 17.5 Å². The van der Waals surface area contributed by atoms with Crippen molar-refractivity contribution in [3.63, 3.8) is 0 Å². The molecular weight excluding hydrogens is 216 g/mol. The minimum atomic E-state index is 0.0524. The summed E-state index contributed by atoms with van der Waals surface area (Å²) in [5, 5.41) is 6.69. The highest BCUT2D eigenvalue weighted by Gasteiger charge is 2.25. The lowest BCUT2D eigenvalue weighted by Crippen LogP contribution is -2.39. The molecule has 1 fully saturated rings. The molecule has 1 atom stereocenters. The Labute approximate surface area is 102 Å². The minimum absolute atomic E-state index is 0.0524. The predicted molar refractivity (Wildman–Crippen MR) is 65.9 cm³/mol. The molecule has 0 spiro atoms. The van der Waals surface area contributed by atoms with Crippen molar-refractivity contribution in [2.75, 3.05) is 27.2 Å². The molecule has 5 nitrogen and oxygen atoms in total. The van der Waals surface area contributed by atoms with Gasteiger partial charge in [-0.3, -0.25) is 9.89 Å². The van der Waals surface area contributed by atoms with Crippen LogP contribution in [0.3, 0.4) is 0 Å². The molecule has 1 amide bonds. The summed E-state index contributed by atoms with van der Waals surface area (Å²) in [6, 6.07) is 0.496. The third-order valence-corrected chi connectivity index (χ3v) is 3.56. The number of aromatic amines is 1. The van der Waals surface area contributed by atoms with Crippen LogP contribution in [0.5, 0.6) is 0 Å². The highest BCUT2D eigenvalue weighted by atomic mass is 16.2. The monoisotopic (exact) mass is 236 g/mol. The van der Waals surface area contributed by atoms with E-state index in [1.54, 1.807) is 11.1 Å². The fourth-order valence-electron chi connectivity index (χ4n) is 2.38. The molecule has 1 N–H and O–H groups in total. The first-order chi connectivity index (χ1) is 8.09. The van der Waals surface area contributed by atoms with Gasteiger partial charge in [-0.15, -0.1) is 0 Å². The summed E-state index contributed by atoms with van der Waals surface area (Å²) in [5.41, 5.74) is 1.51. The third-order valence-electron chi connectivity index (χ3n) is 3.56. The van der Waals surface area contributed by atoms with Gasteiger partial charge in [0.05, 0.1) is 11.8 Å². The summed E-state index contributed by atoms with van der Waals surface area (Å²) in [6.07, 6.45) is 4.01. The highest BCUT2D eigenvalue weighted by Crippen LogP contribution is 2.16. The van der Waals surface area contributed by atoms with Gasteiger partial charge in [-0.25, -0.2) is 0 Å². The summed E-state index contributed by atoms with van der Waals surface area (Å²) in [4.78, 5) is 16.3. The largest absolute Gasteiger partial charge is 0.340 e. The molecule has 5 heteroatoms. The minimum Gasteiger partial charge on any atom is -0.340 e. The van der Waals surface area contributed by atoms with E-state index in [1.165, 1.54) is 12.8 Å². The maximum absolute atomic E-state index is 12.2. The number of hydrogen-bond donors (Lipinski definition) is 1. The van der Waals surface area contributed by atoms with Gasteiger partial charge < -0.3 is 9.80 Å². The Balaban J connectivity index is 1.98. The average molecular weight is 236 g/mol. The Kier molecular flexibility index (Phi) is 3.47. The average Bonchev–Trinajstić information content (AvgIpc) is 2.88. The van der Waals surface area contributed by atoms with Gasteiger partial charge in [0.25, 0.3) is 5.91 Å². The van der Waals surface area contributed by atoms with Crippen molar-refractivity contribution in [1.82, 2.24) is 20.0 Å². The molecule has 1 unspecified atom stereocenters. The molecule has 2 heterocycles. The van der Waals surface area contributed by atoms with Crippen LogP contribution < -0.4 is 0 Å². The number of likely N-dealkylation sites (tertiary alicyclic amines) is 1. The number of H-pyrrole nitrogens is 1. The molecule has 0 aromatic carbocycles. The highest BCUT2D eigenvalue weighted by molar-refractivity contribution is 5.94. The van der Waals surface area contributed by atoms with Crippen molar-refractivity contribution in [3.8, 4) is 0 Å². The van der Waals surface area contributed by atoms with Gasteiger partial charge in [0.15, 0.2) is 0 Å². The van der Waals surface area contributed by atoms with Crippen LogP contribution in [0.2, 0.25) is 0 Å². The maximum atomic E-state index is 12.2. The zero-order valence-electron chi connectivity index (χ0n) is 10.7. The topological polar surface area (TPSA) is 52.2 Å². The third kappa shape index (κ3) is 2.49. The van der Waals surface area contributed by atoms with Gasteiger partial charge in [-0.05, 0) is 33.4 Å². The summed E-state index contributed by atoms with van der Waals surface area (Å²) in [7, 11) is 3.99. The number of aryl methyl sites for hydroxylation is 1. The number of nitrogens with zero attached hydrogens (tertiary/aromatic N) is 3. The van der Waals surface area contributed by atoms with Crippen molar-refractivity contribution in [2.45, 2.75) is 25.8 Å². The Morgan fingerprint density at radius 3 is 3.00 bits per heavy atom. The predicted octanol–water partition coefficient (Wildman–Crippen LogP) is 0.884. The summed E-state index contributed by atoms with van der Waals surface area (Å²) >= 11 is 0. The molecule has 1 saturated heterocycles. The number of carbonyl (C=O) groups excluding carboxylic acids is 1. The fourth-order valence-corrected chi connectivity index (χ4v) is 2.38. The van der Waals surface area contributed by atoms with Crippen LogP contribution in [-0.4, -0.2) is 59.1 Å². The molecular formula is C12H20N4O. The van der Waals surface area contributed by atoms with Crippen molar-refractivity contribution in [1.29, 1.82) is 0 Å². The van der Waals surface area contributed by atoms with Gasteiger partial charge in [-0.1, -0.05) is 0 Å². The fraction of sp³-hybridized carbons (Fsp3) is 0.667. The van der Waals surface area contributed by atoms with Crippen LogP contribution in [0, 0.1) is 6.92 Å². The zero-order chi connectivity index (χ0) is 12.4. The van der Waals surface area contributed by atoms with E-state index in [2.05, 4.69) is 22.1 Å². The number of carbonyl (C=O) groups is 1. The Morgan fingerprint density at radius 2 is 2.47 bits per heavy atom. The molecule has 2 rings (SSSR count). The van der Waals surface area contributed by atoms with Gasteiger partial charge in [0.2, 0.25) is 0 Å². The Hall–Kier alpha value is -1.36.